The van der Waals surface area contributed by atoms with Crippen LogP contribution in [-0.4, -0.2) is 23.6 Å². The molecule has 0 spiro atoms. The number of aromatic nitrogens is 1. The zero-order valence-corrected chi connectivity index (χ0v) is 17.8. The Kier molecular flexibility index (Phi) is 6.92. The highest BCUT2D eigenvalue weighted by atomic mass is 35.5. The lowest BCUT2D eigenvalue weighted by atomic mass is 10.1. The molecular weight excluding hydrogens is 427 g/mol. The summed E-state index contributed by atoms with van der Waals surface area (Å²) in [4.78, 5) is 24.3. The summed E-state index contributed by atoms with van der Waals surface area (Å²) < 4.78 is 10.1. The van der Waals surface area contributed by atoms with Crippen LogP contribution in [0.4, 0.5) is 5.69 Å². The van der Waals surface area contributed by atoms with E-state index in [4.69, 9.17) is 32.5 Å². The summed E-state index contributed by atoms with van der Waals surface area (Å²) in [5, 5.41) is 7.52. The first-order valence-electron chi connectivity index (χ1n) is 9.07. The van der Waals surface area contributed by atoms with E-state index < -0.39 is 11.9 Å². The molecule has 0 saturated carbocycles. The average molecular weight is 445 g/mol. The van der Waals surface area contributed by atoms with Gasteiger partial charge in [0.1, 0.15) is 17.0 Å². The lowest BCUT2D eigenvalue weighted by Gasteiger charge is -2.08. The average Bonchev–Trinajstić information content (AvgIpc) is 3.09. The molecule has 3 aromatic rings. The monoisotopic (exact) mass is 444 g/mol. The van der Waals surface area contributed by atoms with Crippen molar-refractivity contribution in [3.05, 3.63) is 75.5 Å². The molecule has 6 nitrogen and oxygen atoms in total. The van der Waals surface area contributed by atoms with Crippen LogP contribution >= 0.6 is 23.2 Å². The summed E-state index contributed by atoms with van der Waals surface area (Å²) in [5.41, 5.74) is 2.30. The first kappa shape index (κ1) is 21.6. The number of amides is 1. The summed E-state index contributed by atoms with van der Waals surface area (Å²) in [6.07, 6.45) is 2.97. The first-order valence-corrected chi connectivity index (χ1v) is 9.83. The normalized spacial score (nSPS) is 10.9. The molecule has 0 fully saturated rings. The van der Waals surface area contributed by atoms with E-state index in [0.29, 0.717) is 33.7 Å². The minimum absolute atomic E-state index is 0.247. The van der Waals surface area contributed by atoms with Crippen LogP contribution < -0.4 is 5.32 Å². The van der Waals surface area contributed by atoms with E-state index in [1.165, 1.54) is 6.08 Å². The highest BCUT2D eigenvalue weighted by Gasteiger charge is 2.24. The Labute approximate surface area is 183 Å². The summed E-state index contributed by atoms with van der Waals surface area (Å²) in [6, 6.07) is 12.0. The van der Waals surface area contributed by atoms with E-state index in [9.17, 15) is 9.59 Å². The molecule has 0 saturated heterocycles. The van der Waals surface area contributed by atoms with Crippen LogP contribution in [0.5, 0.6) is 0 Å². The number of rotatable bonds is 6. The lowest BCUT2D eigenvalue weighted by molar-refractivity contribution is -0.137. The Morgan fingerprint density at radius 2 is 1.80 bits per heavy atom. The molecule has 0 unspecified atom stereocenters. The number of aryl methyl sites for hydroxylation is 1. The highest BCUT2D eigenvalue weighted by Crippen LogP contribution is 2.37. The SMILES string of the molecule is CCOC(=O)/C=C/c1ccc(NC(=O)c2c(-c3c(Cl)cccc3Cl)noc2C)cc1. The second kappa shape index (κ2) is 9.61. The number of carbonyl (C=O) groups excluding carboxylic acids is 2. The number of benzene rings is 2. The number of nitrogens with one attached hydrogen (secondary N) is 1. The Balaban J connectivity index is 1.81. The molecule has 30 heavy (non-hydrogen) atoms. The summed E-state index contributed by atoms with van der Waals surface area (Å²) >= 11 is 12.5. The van der Waals surface area contributed by atoms with Crippen molar-refractivity contribution in [2.45, 2.75) is 13.8 Å². The van der Waals surface area contributed by atoms with Crippen LogP contribution in [0, 0.1) is 6.92 Å². The molecular formula is C22H18Cl2N2O4. The maximum Gasteiger partial charge on any atom is 0.330 e. The molecule has 1 amide bonds. The van der Waals surface area contributed by atoms with Gasteiger partial charge in [0.2, 0.25) is 0 Å². The number of anilines is 1. The fraction of sp³-hybridized carbons (Fsp3) is 0.136. The third-order valence-corrected chi connectivity index (χ3v) is 4.79. The van der Waals surface area contributed by atoms with E-state index in [1.807, 2.05) is 0 Å². The van der Waals surface area contributed by atoms with E-state index in [0.717, 1.165) is 5.56 Å². The van der Waals surface area contributed by atoms with Crippen LogP contribution in [0.1, 0.15) is 28.6 Å². The maximum absolute atomic E-state index is 12.9. The zero-order valence-electron chi connectivity index (χ0n) is 16.2. The molecule has 1 heterocycles. The van der Waals surface area contributed by atoms with Crippen LogP contribution in [0.3, 0.4) is 0 Å². The zero-order chi connectivity index (χ0) is 21.7. The number of ether oxygens (including phenoxy) is 1. The fourth-order valence-corrected chi connectivity index (χ4v) is 3.34. The van der Waals surface area contributed by atoms with Gasteiger partial charge in [0.05, 0.1) is 16.7 Å². The Morgan fingerprint density at radius 1 is 1.13 bits per heavy atom. The van der Waals surface area contributed by atoms with Crippen LogP contribution in [0.15, 0.2) is 53.1 Å². The number of carbonyl (C=O) groups is 2. The van der Waals surface area contributed by atoms with Crippen molar-refractivity contribution in [2.75, 3.05) is 11.9 Å². The minimum Gasteiger partial charge on any atom is -0.463 e. The van der Waals surface area contributed by atoms with Gasteiger partial charge in [-0.1, -0.05) is 46.6 Å². The van der Waals surface area contributed by atoms with E-state index in [1.54, 1.807) is 62.4 Å². The second-order valence-electron chi connectivity index (χ2n) is 6.22. The Bertz CT molecular complexity index is 1080. The number of nitrogens with zero attached hydrogens (tertiary/aromatic N) is 1. The second-order valence-corrected chi connectivity index (χ2v) is 7.03. The number of esters is 1. The van der Waals surface area contributed by atoms with Gasteiger partial charge in [-0.05, 0) is 49.8 Å². The standard InChI is InChI=1S/C22H18Cl2N2O4/c1-3-29-18(27)12-9-14-7-10-15(11-8-14)25-22(28)19-13(2)30-26-21(19)20-16(23)5-4-6-17(20)24/h4-12H,3H2,1-2H3,(H,25,28)/b12-9+. The number of hydrogen-bond acceptors (Lipinski definition) is 5. The quantitative estimate of drug-likeness (QED) is 0.384. The molecule has 0 aliphatic heterocycles. The van der Waals surface area contributed by atoms with E-state index in [2.05, 4.69) is 10.5 Å². The van der Waals surface area contributed by atoms with Crippen molar-refractivity contribution in [3.63, 3.8) is 0 Å². The van der Waals surface area contributed by atoms with Gasteiger partial charge in [-0.2, -0.15) is 0 Å². The van der Waals surface area contributed by atoms with Crippen LogP contribution in [0.2, 0.25) is 10.0 Å². The summed E-state index contributed by atoms with van der Waals surface area (Å²) in [5.74, 6) is -0.481. The molecule has 154 valence electrons. The number of hydrogen-bond donors (Lipinski definition) is 1. The third kappa shape index (κ3) is 4.90. The molecule has 0 aliphatic rings. The molecule has 1 N–H and O–H groups in total. The van der Waals surface area contributed by atoms with Gasteiger partial charge in [0.15, 0.2) is 0 Å². The van der Waals surface area contributed by atoms with Crippen molar-refractivity contribution in [1.82, 2.24) is 5.16 Å². The lowest BCUT2D eigenvalue weighted by Crippen LogP contribution is -2.13. The summed E-state index contributed by atoms with van der Waals surface area (Å²) in [6.45, 7) is 3.70. The van der Waals surface area contributed by atoms with Crippen molar-refractivity contribution in [1.29, 1.82) is 0 Å². The molecule has 1 aromatic heterocycles. The topological polar surface area (TPSA) is 81.4 Å². The van der Waals surface area contributed by atoms with Crippen molar-refractivity contribution in [2.24, 2.45) is 0 Å². The smallest absolute Gasteiger partial charge is 0.330 e. The van der Waals surface area contributed by atoms with E-state index in [-0.39, 0.29) is 11.3 Å². The fourth-order valence-electron chi connectivity index (χ4n) is 2.76. The predicted octanol–water partition coefficient (Wildman–Crippen LogP) is 5.79. The van der Waals surface area contributed by atoms with E-state index >= 15 is 0 Å². The van der Waals surface area contributed by atoms with Gasteiger partial charge in [-0.15, -0.1) is 0 Å². The number of halogens is 2. The van der Waals surface area contributed by atoms with Gasteiger partial charge in [-0.3, -0.25) is 4.79 Å². The Hall–Kier alpha value is -3.09. The van der Waals surface area contributed by atoms with Crippen molar-refractivity contribution >= 4 is 46.8 Å². The molecule has 3 rings (SSSR count). The highest BCUT2D eigenvalue weighted by molar-refractivity contribution is 6.39. The van der Waals surface area contributed by atoms with Crippen LogP contribution in [0.25, 0.3) is 17.3 Å². The van der Waals surface area contributed by atoms with Crippen LogP contribution in [-0.2, 0) is 9.53 Å². The first-order chi connectivity index (χ1) is 14.4. The predicted molar refractivity (Wildman–Crippen MR) is 117 cm³/mol. The minimum atomic E-state index is -0.413. The van der Waals surface area contributed by atoms with Gasteiger partial charge >= 0.3 is 5.97 Å². The maximum atomic E-state index is 12.9. The molecule has 2 aromatic carbocycles. The third-order valence-electron chi connectivity index (χ3n) is 4.16. The molecule has 0 aliphatic carbocycles. The molecule has 8 heteroatoms. The van der Waals surface area contributed by atoms with Gasteiger partial charge < -0.3 is 14.6 Å². The largest absolute Gasteiger partial charge is 0.463 e. The molecule has 0 bridgehead atoms. The van der Waals surface area contributed by atoms with Gasteiger partial charge in [0, 0.05) is 17.3 Å². The molecule has 0 atom stereocenters. The molecule has 0 radical (unpaired) electrons. The van der Waals surface area contributed by atoms with Crippen molar-refractivity contribution in [3.8, 4) is 11.3 Å². The Morgan fingerprint density at radius 3 is 2.43 bits per heavy atom. The van der Waals surface area contributed by atoms with Gasteiger partial charge in [0.25, 0.3) is 5.91 Å². The van der Waals surface area contributed by atoms with Gasteiger partial charge in [-0.25, -0.2) is 4.79 Å². The summed E-state index contributed by atoms with van der Waals surface area (Å²) in [7, 11) is 0. The van der Waals surface area contributed by atoms with Crippen molar-refractivity contribution < 1.29 is 18.8 Å².